The molecule has 0 amide bonds. The van der Waals surface area contributed by atoms with E-state index in [2.05, 4.69) is 77.1 Å². The van der Waals surface area contributed by atoms with Crippen molar-refractivity contribution in [2.24, 2.45) is 5.92 Å². The minimum atomic E-state index is 0.0317. The Morgan fingerprint density at radius 3 is 2.48 bits per heavy atom. The molecule has 0 aliphatic carbocycles. The predicted molar refractivity (Wildman–Crippen MR) is 137 cm³/mol. The van der Waals surface area contributed by atoms with Crippen molar-refractivity contribution in [2.45, 2.75) is 46.5 Å². The number of hydrogen-bond donors (Lipinski definition) is 0. The molecular weight excluding hydrogens is 404 g/mol. The van der Waals surface area contributed by atoms with Gasteiger partial charge in [0.2, 0.25) is 0 Å². The van der Waals surface area contributed by atoms with Crippen LogP contribution in [0.15, 0.2) is 77.7 Å². The molecule has 0 saturated heterocycles. The summed E-state index contributed by atoms with van der Waals surface area (Å²) in [5, 5.41) is 3.59. The normalized spacial score (nSPS) is 12.2. The van der Waals surface area contributed by atoms with Gasteiger partial charge in [-0.15, -0.1) is 0 Å². The Labute approximate surface area is 195 Å². The molecule has 3 nitrogen and oxygen atoms in total. The summed E-state index contributed by atoms with van der Waals surface area (Å²) in [6.07, 6.45) is 6.56. The van der Waals surface area contributed by atoms with E-state index in [-0.39, 0.29) is 5.41 Å². The summed E-state index contributed by atoms with van der Waals surface area (Å²) in [6, 6.07) is 19.3. The van der Waals surface area contributed by atoms with Crippen molar-refractivity contribution in [3.05, 3.63) is 84.4 Å². The Hall–Kier alpha value is -3.46. The van der Waals surface area contributed by atoms with E-state index in [9.17, 15) is 0 Å². The van der Waals surface area contributed by atoms with E-state index in [4.69, 9.17) is 14.4 Å². The van der Waals surface area contributed by atoms with Crippen LogP contribution in [0.3, 0.4) is 0 Å². The molecule has 3 heteroatoms. The lowest BCUT2D eigenvalue weighted by Crippen LogP contribution is -2.12. The molecule has 33 heavy (non-hydrogen) atoms. The van der Waals surface area contributed by atoms with Crippen LogP contribution in [-0.4, -0.2) is 9.97 Å². The molecule has 0 unspecified atom stereocenters. The largest absolute Gasteiger partial charge is 0.464 e. The maximum atomic E-state index is 5.87. The third-order valence-electron chi connectivity index (χ3n) is 6.19. The van der Waals surface area contributed by atoms with Gasteiger partial charge in [0.05, 0.1) is 17.7 Å². The summed E-state index contributed by atoms with van der Waals surface area (Å²) in [4.78, 5) is 9.59. The summed E-state index contributed by atoms with van der Waals surface area (Å²) in [6.45, 7) is 11.2. The number of fused-ring (bicyclic) bond motifs is 2. The molecule has 0 saturated carbocycles. The van der Waals surface area contributed by atoms with E-state index in [1.807, 2.05) is 24.5 Å². The van der Waals surface area contributed by atoms with E-state index in [0.717, 1.165) is 45.5 Å². The molecule has 0 aliphatic rings. The second-order valence-corrected chi connectivity index (χ2v) is 10.3. The van der Waals surface area contributed by atoms with Crippen molar-refractivity contribution >= 4 is 21.7 Å². The molecule has 0 radical (unpaired) electrons. The van der Waals surface area contributed by atoms with Gasteiger partial charge in [0.1, 0.15) is 5.58 Å². The van der Waals surface area contributed by atoms with E-state index >= 15 is 0 Å². The van der Waals surface area contributed by atoms with Crippen LogP contribution in [-0.2, 0) is 11.8 Å². The molecule has 0 atom stereocenters. The topological polar surface area (TPSA) is 38.9 Å². The van der Waals surface area contributed by atoms with Crippen LogP contribution >= 0.6 is 0 Å². The zero-order chi connectivity index (χ0) is 23.2. The summed E-state index contributed by atoms with van der Waals surface area (Å²) in [5.41, 5.74) is 7.52. The van der Waals surface area contributed by atoms with E-state index in [0.29, 0.717) is 5.92 Å². The fourth-order valence-corrected chi connectivity index (χ4v) is 4.65. The molecule has 166 valence electrons. The SMILES string of the molecule is CC(C)Cc1cnc(-c2ccnc(-c3cc(C(C)(C)C)c4ccccc4c3)c2)c2ccoc12. The molecule has 0 bridgehead atoms. The number of benzene rings is 2. The number of furan rings is 1. The second kappa shape index (κ2) is 8.15. The average Bonchev–Trinajstić information content (AvgIpc) is 3.28. The lowest BCUT2D eigenvalue weighted by atomic mass is 9.82. The summed E-state index contributed by atoms with van der Waals surface area (Å²) in [7, 11) is 0. The third-order valence-corrected chi connectivity index (χ3v) is 6.19. The van der Waals surface area contributed by atoms with Crippen molar-refractivity contribution in [2.75, 3.05) is 0 Å². The lowest BCUT2D eigenvalue weighted by Gasteiger charge is -2.22. The maximum Gasteiger partial charge on any atom is 0.140 e. The fraction of sp³-hybridized carbons (Fsp3) is 0.267. The highest BCUT2D eigenvalue weighted by atomic mass is 16.3. The minimum absolute atomic E-state index is 0.0317. The van der Waals surface area contributed by atoms with Gasteiger partial charge in [0.15, 0.2) is 0 Å². The van der Waals surface area contributed by atoms with Crippen LogP contribution in [0.1, 0.15) is 45.7 Å². The molecular formula is C30H30N2O. The molecule has 0 N–H and O–H groups in total. The third kappa shape index (κ3) is 4.04. The first-order chi connectivity index (χ1) is 15.8. The predicted octanol–water partition coefficient (Wildman–Crippen LogP) is 8.21. The summed E-state index contributed by atoms with van der Waals surface area (Å²) < 4.78 is 5.87. The molecule has 5 aromatic rings. The highest BCUT2D eigenvalue weighted by Gasteiger charge is 2.19. The van der Waals surface area contributed by atoms with Crippen molar-refractivity contribution < 1.29 is 4.42 Å². The molecule has 3 aromatic heterocycles. The molecule has 3 heterocycles. The quantitative estimate of drug-likeness (QED) is 0.286. The number of pyridine rings is 2. The highest BCUT2D eigenvalue weighted by Crippen LogP contribution is 2.36. The summed E-state index contributed by atoms with van der Waals surface area (Å²) in [5.74, 6) is 0.545. The van der Waals surface area contributed by atoms with Crippen LogP contribution in [0.5, 0.6) is 0 Å². The van der Waals surface area contributed by atoms with Gasteiger partial charge in [-0.1, -0.05) is 58.9 Å². The standard InChI is InChI=1S/C30H30N2O/c1-19(2)14-23-18-32-28(25-11-13-33-29(23)25)21-10-12-31-27(17-21)22-15-20-8-6-7-9-24(20)26(16-22)30(3,4)5/h6-13,15-19H,14H2,1-5H3. The Kier molecular flexibility index (Phi) is 5.28. The van der Waals surface area contributed by atoms with Gasteiger partial charge in [-0.3, -0.25) is 9.97 Å². The van der Waals surface area contributed by atoms with Crippen molar-refractivity contribution in [1.29, 1.82) is 0 Å². The monoisotopic (exact) mass is 434 g/mol. The fourth-order valence-electron chi connectivity index (χ4n) is 4.65. The van der Waals surface area contributed by atoms with Gasteiger partial charge in [-0.25, -0.2) is 0 Å². The van der Waals surface area contributed by atoms with Crippen LogP contribution < -0.4 is 0 Å². The molecule has 0 aliphatic heterocycles. The van der Waals surface area contributed by atoms with Gasteiger partial charge < -0.3 is 4.42 Å². The van der Waals surface area contributed by atoms with Gasteiger partial charge in [-0.2, -0.15) is 0 Å². The number of aromatic nitrogens is 2. The van der Waals surface area contributed by atoms with Gasteiger partial charge >= 0.3 is 0 Å². The Morgan fingerprint density at radius 2 is 1.70 bits per heavy atom. The Morgan fingerprint density at radius 1 is 0.879 bits per heavy atom. The first-order valence-electron chi connectivity index (χ1n) is 11.7. The Balaban J connectivity index is 1.65. The van der Waals surface area contributed by atoms with Gasteiger partial charge in [0.25, 0.3) is 0 Å². The van der Waals surface area contributed by atoms with E-state index in [1.54, 1.807) is 6.26 Å². The second-order valence-electron chi connectivity index (χ2n) is 10.3. The molecule has 2 aromatic carbocycles. The molecule has 0 fully saturated rings. The number of nitrogens with zero attached hydrogens (tertiary/aromatic N) is 2. The van der Waals surface area contributed by atoms with Crippen molar-refractivity contribution in [3.63, 3.8) is 0 Å². The number of hydrogen-bond acceptors (Lipinski definition) is 3. The zero-order valence-corrected chi connectivity index (χ0v) is 20.0. The van der Waals surface area contributed by atoms with Crippen LogP contribution in [0.25, 0.3) is 44.3 Å². The van der Waals surface area contributed by atoms with Crippen LogP contribution in [0.4, 0.5) is 0 Å². The average molecular weight is 435 g/mol. The smallest absolute Gasteiger partial charge is 0.140 e. The van der Waals surface area contributed by atoms with Crippen LogP contribution in [0.2, 0.25) is 0 Å². The summed E-state index contributed by atoms with van der Waals surface area (Å²) >= 11 is 0. The Bertz CT molecular complexity index is 1450. The van der Waals surface area contributed by atoms with Crippen LogP contribution in [0, 0.1) is 5.92 Å². The lowest BCUT2D eigenvalue weighted by molar-refractivity contribution is 0.594. The van der Waals surface area contributed by atoms with Gasteiger partial charge in [-0.05, 0) is 64.4 Å². The molecule has 5 rings (SSSR count). The van der Waals surface area contributed by atoms with Gasteiger partial charge in [0, 0.05) is 34.5 Å². The van der Waals surface area contributed by atoms with Crippen molar-refractivity contribution in [3.8, 4) is 22.5 Å². The first kappa shape index (κ1) is 21.4. The zero-order valence-electron chi connectivity index (χ0n) is 20.0. The molecule has 0 spiro atoms. The maximum absolute atomic E-state index is 5.87. The van der Waals surface area contributed by atoms with E-state index in [1.165, 1.54) is 16.3 Å². The first-order valence-corrected chi connectivity index (χ1v) is 11.7. The highest BCUT2D eigenvalue weighted by molar-refractivity contribution is 5.94. The minimum Gasteiger partial charge on any atom is -0.464 e. The number of rotatable bonds is 4. The van der Waals surface area contributed by atoms with Crippen molar-refractivity contribution in [1.82, 2.24) is 9.97 Å². The van der Waals surface area contributed by atoms with E-state index < -0.39 is 0 Å².